The molecule has 1 aliphatic heterocycles. The van der Waals surface area contributed by atoms with Gasteiger partial charge in [-0.1, -0.05) is 15.9 Å². The number of anilines is 1. The smallest absolute Gasteiger partial charge is 0.0746 e. The fourth-order valence-corrected chi connectivity index (χ4v) is 3.04. The molecular weight excluding hydrogens is 304 g/mol. The Hall–Kier alpha value is -0.580. The Morgan fingerprint density at radius 1 is 1.47 bits per heavy atom. The molecule has 1 aliphatic rings. The van der Waals surface area contributed by atoms with E-state index in [1.807, 2.05) is 14.2 Å². The first kappa shape index (κ1) is 14.8. The summed E-state index contributed by atoms with van der Waals surface area (Å²) in [5, 5.41) is 3.33. The normalized spacial score (nSPS) is 21.5. The first-order chi connectivity index (χ1) is 9.15. The van der Waals surface area contributed by atoms with Gasteiger partial charge in [0.15, 0.2) is 0 Å². The molecule has 0 bridgehead atoms. The van der Waals surface area contributed by atoms with Crippen molar-refractivity contribution in [2.45, 2.75) is 31.9 Å². The van der Waals surface area contributed by atoms with Gasteiger partial charge in [0.25, 0.3) is 0 Å². The Labute approximate surface area is 124 Å². The van der Waals surface area contributed by atoms with Gasteiger partial charge in [0.2, 0.25) is 0 Å². The van der Waals surface area contributed by atoms with E-state index >= 15 is 0 Å². The minimum absolute atomic E-state index is 0.343. The molecule has 0 aromatic heterocycles. The number of benzene rings is 1. The predicted molar refractivity (Wildman–Crippen MR) is 83.9 cm³/mol. The molecule has 1 heterocycles. The Kier molecular flexibility index (Phi) is 5.25. The number of piperidine rings is 1. The van der Waals surface area contributed by atoms with Crippen LogP contribution in [0.5, 0.6) is 0 Å². The average molecular weight is 327 g/mol. The number of halogens is 1. The number of nitrogens with one attached hydrogen (secondary N) is 1. The SMILES string of the molecule is CNC(C)c1cc(Br)ccc1N1CCCC(OC)C1. The van der Waals surface area contributed by atoms with E-state index in [0.717, 1.165) is 17.6 Å². The van der Waals surface area contributed by atoms with Gasteiger partial charge in [0.1, 0.15) is 0 Å². The lowest BCUT2D eigenvalue weighted by atomic mass is 10.0. The van der Waals surface area contributed by atoms with Crippen molar-refractivity contribution in [2.75, 3.05) is 32.1 Å². The van der Waals surface area contributed by atoms with Gasteiger partial charge in [-0.25, -0.2) is 0 Å². The maximum absolute atomic E-state index is 5.53. The number of ether oxygens (including phenoxy) is 1. The van der Waals surface area contributed by atoms with Crippen molar-refractivity contribution in [3.63, 3.8) is 0 Å². The van der Waals surface area contributed by atoms with Gasteiger partial charge in [-0.3, -0.25) is 0 Å². The lowest BCUT2D eigenvalue weighted by Gasteiger charge is -2.35. The van der Waals surface area contributed by atoms with E-state index in [9.17, 15) is 0 Å². The molecule has 2 rings (SSSR count). The highest BCUT2D eigenvalue weighted by atomic mass is 79.9. The molecule has 1 fully saturated rings. The van der Waals surface area contributed by atoms with Crippen LogP contribution in [0.25, 0.3) is 0 Å². The number of rotatable bonds is 4. The minimum Gasteiger partial charge on any atom is -0.380 e. The van der Waals surface area contributed by atoms with Crippen LogP contribution in [0.1, 0.15) is 31.4 Å². The summed E-state index contributed by atoms with van der Waals surface area (Å²) in [5.41, 5.74) is 2.67. The summed E-state index contributed by atoms with van der Waals surface area (Å²) >= 11 is 3.57. The van der Waals surface area contributed by atoms with Crippen molar-refractivity contribution in [1.29, 1.82) is 0 Å². The Morgan fingerprint density at radius 2 is 2.26 bits per heavy atom. The molecule has 1 saturated heterocycles. The maximum Gasteiger partial charge on any atom is 0.0746 e. The van der Waals surface area contributed by atoms with E-state index in [1.165, 1.54) is 24.1 Å². The minimum atomic E-state index is 0.343. The van der Waals surface area contributed by atoms with Crippen molar-refractivity contribution >= 4 is 21.6 Å². The van der Waals surface area contributed by atoms with Gasteiger partial charge in [0.05, 0.1) is 6.10 Å². The highest BCUT2D eigenvalue weighted by molar-refractivity contribution is 9.10. The van der Waals surface area contributed by atoms with Crippen LogP contribution in [0.3, 0.4) is 0 Å². The molecule has 4 heteroatoms. The van der Waals surface area contributed by atoms with E-state index in [-0.39, 0.29) is 0 Å². The molecule has 1 N–H and O–H groups in total. The van der Waals surface area contributed by atoms with Crippen molar-refractivity contribution < 1.29 is 4.74 Å². The van der Waals surface area contributed by atoms with Crippen LogP contribution < -0.4 is 10.2 Å². The molecular formula is C15H23BrN2O. The highest BCUT2D eigenvalue weighted by Gasteiger charge is 2.22. The van der Waals surface area contributed by atoms with Crippen molar-refractivity contribution in [3.8, 4) is 0 Å². The number of hydrogen-bond donors (Lipinski definition) is 1. The van der Waals surface area contributed by atoms with Crippen molar-refractivity contribution in [1.82, 2.24) is 5.32 Å². The van der Waals surface area contributed by atoms with Crippen LogP contribution in [0.4, 0.5) is 5.69 Å². The third-order valence-corrected chi connectivity index (χ3v) is 4.43. The van der Waals surface area contributed by atoms with E-state index in [4.69, 9.17) is 4.74 Å². The summed E-state index contributed by atoms with van der Waals surface area (Å²) < 4.78 is 6.66. The van der Waals surface area contributed by atoms with Crippen LogP contribution in [0.2, 0.25) is 0 Å². The molecule has 1 aromatic carbocycles. The Balaban J connectivity index is 2.27. The third kappa shape index (κ3) is 3.50. The number of nitrogens with zero attached hydrogens (tertiary/aromatic N) is 1. The molecule has 2 unspecified atom stereocenters. The van der Waals surface area contributed by atoms with E-state index in [2.05, 4.69) is 51.3 Å². The van der Waals surface area contributed by atoms with Gasteiger partial charge in [-0.05, 0) is 50.6 Å². The largest absolute Gasteiger partial charge is 0.380 e. The second-order valence-electron chi connectivity index (χ2n) is 5.16. The predicted octanol–water partition coefficient (Wildman–Crippen LogP) is 3.34. The van der Waals surface area contributed by atoms with Gasteiger partial charge >= 0.3 is 0 Å². The van der Waals surface area contributed by atoms with E-state index in [0.29, 0.717) is 12.1 Å². The summed E-state index contributed by atoms with van der Waals surface area (Å²) in [6.45, 7) is 4.30. The van der Waals surface area contributed by atoms with Gasteiger partial charge in [-0.15, -0.1) is 0 Å². The summed E-state index contributed by atoms with van der Waals surface area (Å²) in [7, 11) is 3.82. The molecule has 0 aliphatic carbocycles. The molecule has 106 valence electrons. The standard InChI is InChI=1S/C15H23BrN2O/c1-11(17-2)14-9-12(16)6-7-15(14)18-8-4-5-13(10-18)19-3/h6-7,9,11,13,17H,4-5,8,10H2,1-3H3. The quantitative estimate of drug-likeness (QED) is 0.918. The van der Waals surface area contributed by atoms with Crippen molar-refractivity contribution in [2.24, 2.45) is 0 Å². The number of hydrogen-bond acceptors (Lipinski definition) is 3. The molecule has 0 radical (unpaired) electrons. The number of methoxy groups -OCH3 is 1. The lowest BCUT2D eigenvalue weighted by Crippen LogP contribution is -2.40. The summed E-state index contributed by atoms with van der Waals surface area (Å²) in [6, 6.07) is 6.89. The first-order valence-corrected chi connectivity index (χ1v) is 7.69. The zero-order chi connectivity index (χ0) is 13.8. The lowest BCUT2D eigenvalue weighted by molar-refractivity contribution is 0.0893. The van der Waals surface area contributed by atoms with E-state index < -0.39 is 0 Å². The summed E-state index contributed by atoms with van der Waals surface area (Å²) in [4.78, 5) is 2.45. The Bertz CT molecular complexity index is 425. The topological polar surface area (TPSA) is 24.5 Å². The summed E-state index contributed by atoms with van der Waals surface area (Å²) in [6.07, 6.45) is 2.72. The fourth-order valence-electron chi connectivity index (χ4n) is 2.67. The molecule has 2 atom stereocenters. The molecule has 3 nitrogen and oxygen atoms in total. The Morgan fingerprint density at radius 3 is 2.95 bits per heavy atom. The van der Waals surface area contributed by atoms with Crippen LogP contribution in [-0.4, -0.2) is 33.4 Å². The van der Waals surface area contributed by atoms with Crippen LogP contribution in [-0.2, 0) is 4.74 Å². The molecule has 0 spiro atoms. The van der Waals surface area contributed by atoms with Crippen LogP contribution >= 0.6 is 15.9 Å². The summed E-state index contributed by atoms with van der Waals surface area (Å²) in [5.74, 6) is 0. The van der Waals surface area contributed by atoms with Crippen molar-refractivity contribution in [3.05, 3.63) is 28.2 Å². The molecule has 0 saturated carbocycles. The molecule has 19 heavy (non-hydrogen) atoms. The zero-order valence-corrected chi connectivity index (χ0v) is 13.5. The van der Waals surface area contributed by atoms with Crippen LogP contribution in [0.15, 0.2) is 22.7 Å². The monoisotopic (exact) mass is 326 g/mol. The van der Waals surface area contributed by atoms with Crippen LogP contribution in [0, 0.1) is 0 Å². The molecule has 1 aromatic rings. The third-order valence-electron chi connectivity index (χ3n) is 3.94. The highest BCUT2D eigenvalue weighted by Crippen LogP contribution is 2.31. The van der Waals surface area contributed by atoms with E-state index in [1.54, 1.807) is 0 Å². The fraction of sp³-hybridized carbons (Fsp3) is 0.600. The maximum atomic E-state index is 5.53. The second kappa shape index (κ2) is 6.73. The molecule has 0 amide bonds. The van der Waals surface area contributed by atoms with Gasteiger partial charge < -0.3 is 15.0 Å². The first-order valence-electron chi connectivity index (χ1n) is 6.90. The zero-order valence-electron chi connectivity index (χ0n) is 11.9. The van der Waals surface area contributed by atoms with Gasteiger partial charge in [0, 0.05) is 36.4 Å². The average Bonchev–Trinajstić information content (AvgIpc) is 2.46. The van der Waals surface area contributed by atoms with Gasteiger partial charge in [-0.2, -0.15) is 0 Å². The second-order valence-corrected chi connectivity index (χ2v) is 6.08.